The normalized spacial score (nSPS) is 11.9. The second-order valence-corrected chi connectivity index (χ2v) is 13.1. The highest BCUT2D eigenvalue weighted by Gasteiger charge is 2.47. The molecule has 0 atom stereocenters. The Morgan fingerprint density at radius 3 is 0.462 bits per heavy atom. The molecule has 52 heavy (non-hydrogen) atoms. The van der Waals surface area contributed by atoms with Gasteiger partial charge in [0.2, 0.25) is 0 Å². The van der Waals surface area contributed by atoms with Crippen LogP contribution in [0.3, 0.4) is 0 Å². The molecule has 0 spiro atoms. The van der Waals surface area contributed by atoms with Crippen LogP contribution in [0.15, 0.2) is 0 Å². The van der Waals surface area contributed by atoms with Gasteiger partial charge in [-0.05, 0) is 13.3 Å². The molecule has 0 bridgehead atoms. The molecule has 0 amide bonds. The molecule has 0 unspecified atom stereocenters. The maximum atomic E-state index is 16.1. The lowest BCUT2D eigenvalue weighted by Gasteiger charge is -2.22. The van der Waals surface area contributed by atoms with Crippen LogP contribution < -0.4 is 13.3 Å². The van der Waals surface area contributed by atoms with Gasteiger partial charge in [-0.15, -0.1) is 0 Å². The molecule has 0 saturated carbocycles. The number of hydrogen-bond acceptors (Lipinski definition) is 0. The SMILES string of the molecule is Fc1c(F)c(F)c2c(F)[c]([Al]([c]3c(F)c(F)c4c(F)c(F)c(F)c(F)c4c3F)[c]3c(F)c(F)c4c(F)c(F)c(F)c(F)c4c3F)c(F)c(F)c2c1F. The van der Waals surface area contributed by atoms with Gasteiger partial charge in [-0.25, -0.2) is 92.2 Å². The van der Waals surface area contributed by atoms with Gasteiger partial charge in [0.1, 0.15) is 34.9 Å². The summed E-state index contributed by atoms with van der Waals surface area (Å²) < 4.78 is 305. The quantitative estimate of drug-likeness (QED) is 0.0731. The van der Waals surface area contributed by atoms with E-state index in [0.29, 0.717) is 0 Å². The van der Waals surface area contributed by atoms with Crippen LogP contribution in [0.4, 0.5) is 92.2 Å². The summed E-state index contributed by atoms with van der Waals surface area (Å²) in [4.78, 5) is 0. The van der Waals surface area contributed by atoms with Gasteiger partial charge < -0.3 is 0 Å². The predicted octanol–water partition coefficient (Wildman–Crippen LogP) is 8.58. The number of fused-ring (bicyclic) bond motifs is 3. The van der Waals surface area contributed by atoms with Gasteiger partial charge in [0, 0.05) is 0 Å². The minimum Gasteiger partial charge on any atom is -0.207 e. The van der Waals surface area contributed by atoms with Crippen molar-refractivity contribution < 1.29 is 92.2 Å². The smallest absolute Gasteiger partial charge is 0.207 e. The molecule has 6 aromatic rings. The molecular weight excluding hydrogens is 786 g/mol. The van der Waals surface area contributed by atoms with E-state index in [1.165, 1.54) is 0 Å². The van der Waals surface area contributed by atoms with E-state index >= 15 is 39.5 Å². The van der Waals surface area contributed by atoms with Gasteiger partial charge >= 0.3 is 14.1 Å². The first-order valence-corrected chi connectivity index (χ1v) is 14.8. The van der Waals surface area contributed by atoms with Crippen LogP contribution in [0, 0.1) is 122 Å². The van der Waals surface area contributed by atoms with Crippen molar-refractivity contribution >= 4 is 59.7 Å². The summed E-state index contributed by atoms with van der Waals surface area (Å²) in [7, 11) is 0. The number of hydrogen-bond donors (Lipinski definition) is 0. The van der Waals surface area contributed by atoms with Gasteiger partial charge in [-0.3, -0.25) is 0 Å². The molecule has 0 aliphatic carbocycles. The number of rotatable bonds is 3. The zero-order chi connectivity index (χ0) is 38.9. The minimum absolute atomic E-state index is 2.52. The fraction of sp³-hybridized carbons (Fsp3) is 0. The van der Waals surface area contributed by atoms with E-state index in [2.05, 4.69) is 0 Å². The molecule has 0 radical (unpaired) electrons. The Bertz CT molecular complexity index is 2360. The van der Waals surface area contributed by atoms with Crippen molar-refractivity contribution in [3.63, 3.8) is 0 Å². The van der Waals surface area contributed by atoms with Crippen molar-refractivity contribution in [1.29, 1.82) is 0 Å². The molecule has 0 heterocycles. The molecule has 22 heteroatoms. The predicted molar refractivity (Wildman–Crippen MR) is 136 cm³/mol. The highest BCUT2D eigenvalue weighted by Crippen LogP contribution is 2.36. The third-order valence-corrected chi connectivity index (χ3v) is 11.2. The number of halogens is 21. The summed E-state index contributed by atoms with van der Waals surface area (Å²) in [5.74, 6) is -64.5. The van der Waals surface area contributed by atoms with Crippen LogP contribution in [0.2, 0.25) is 0 Å². The second kappa shape index (κ2) is 12.1. The van der Waals surface area contributed by atoms with E-state index in [4.69, 9.17) is 0 Å². The van der Waals surface area contributed by atoms with Gasteiger partial charge in [0.25, 0.3) is 0 Å². The zero-order valence-corrected chi connectivity index (χ0v) is 24.7. The Labute approximate surface area is 274 Å². The molecule has 0 saturated heterocycles. The van der Waals surface area contributed by atoms with Gasteiger partial charge in [0.05, 0.1) is 32.3 Å². The lowest BCUT2D eigenvalue weighted by molar-refractivity contribution is 0.412. The van der Waals surface area contributed by atoms with E-state index < -0.39 is 182 Å². The molecule has 6 rings (SSSR count). The summed E-state index contributed by atoms with van der Waals surface area (Å²) in [5, 5.41) is -15.4. The second-order valence-electron chi connectivity index (χ2n) is 10.5. The Morgan fingerprint density at radius 2 is 0.288 bits per heavy atom. The summed E-state index contributed by atoms with van der Waals surface area (Å²) in [6.45, 7) is 0. The molecule has 270 valence electrons. The van der Waals surface area contributed by atoms with Crippen molar-refractivity contribution in [2.75, 3.05) is 0 Å². The van der Waals surface area contributed by atoms with E-state index in [1.807, 2.05) is 0 Å². The van der Waals surface area contributed by atoms with Gasteiger partial charge in [-0.2, -0.15) is 0 Å². The Balaban J connectivity index is 1.97. The first-order valence-electron chi connectivity index (χ1n) is 13.1. The topological polar surface area (TPSA) is 0 Å². The molecule has 0 aliphatic heterocycles. The van der Waals surface area contributed by atoms with Crippen molar-refractivity contribution in [1.82, 2.24) is 0 Å². The average Bonchev–Trinajstić information content (AvgIpc) is 3.10. The van der Waals surface area contributed by atoms with Gasteiger partial charge in [0.15, 0.2) is 87.3 Å². The zero-order valence-electron chi connectivity index (χ0n) is 23.5. The molecule has 0 nitrogen and oxygen atoms in total. The van der Waals surface area contributed by atoms with E-state index in [-0.39, 0.29) is 0 Å². The fourth-order valence-electron chi connectivity index (χ4n) is 5.70. The molecule has 0 aliphatic rings. The van der Waals surface area contributed by atoms with Gasteiger partial charge in [-0.1, -0.05) is 0 Å². The summed E-state index contributed by atoms with van der Waals surface area (Å²) >= 11 is -6.63. The maximum Gasteiger partial charge on any atom is 0.412 e. The van der Waals surface area contributed by atoms with Crippen LogP contribution in [0.1, 0.15) is 0 Å². The largest absolute Gasteiger partial charge is 0.412 e. The maximum absolute atomic E-state index is 16.1. The standard InChI is InChI=1S/3C10F7.Al/c3*11-2-1-3(12)6(13)5-4(2)7(14)9(16)10(17)8(5)15;. The van der Waals surface area contributed by atoms with E-state index in [9.17, 15) is 52.7 Å². The molecular formula is C30AlF21. The van der Waals surface area contributed by atoms with E-state index in [0.717, 1.165) is 0 Å². The van der Waals surface area contributed by atoms with Crippen LogP contribution in [-0.4, -0.2) is 14.1 Å². The third-order valence-electron chi connectivity index (χ3n) is 7.98. The number of benzene rings is 6. The summed E-state index contributed by atoms with van der Waals surface area (Å²) in [6.07, 6.45) is 0. The Morgan fingerprint density at radius 1 is 0.154 bits per heavy atom. The van der Waals surface area contributed by atoms with Crippen molar-refractivity contribution in [3.8, 4) is 0 Å². The van der Waals surface area contributed by atoms with Crippen molar-refractivity contribution in [2.45, 2.75) is 0 Å². The van der Waals surface area contributed by atoms with Crippen LogP contribution in [-0.2, 0) is 0 Å². The van der Waals surface area contributed by atoms with Crippen LogP contribution in [0.5, 0.6) is 0 Å². The third kappa shape index (κ3) is 4.55. The van der Waals surface area contributed by atoms with Crippen LogP contribution in [0.25, 0.3) is 32.3 Å². The Kier molecular flexibility index (Phi) is 8.60. The van der Waals surface area contributed by atoms with Crippen molar-refractivity contribution in [3.05, 3.63) is 122 Å². The highest BCUT2D eigenvalue weighted by molar-refractivity contribution is 6.96. The lowest BCUT2D eigenvalue weighted by Crippen LogP contribution is -2.60. The van der Waals surface area contributed by atoms with Crippen molar-refractivity contribution in [2.24, 2.45) is 0 Å². The fourth-order valence-corrected chi connectivity index (χ4v) is 8.90. The average molecular weight is 786 g/mol. The summed E-state index contributed by atoms with van der Waals surface area (Å²) in [6, 6.07) is 0. The highest BCUT2D eigenvalue weighted by atomic mass is 27.2. The van der Waals surface area contributed by atoms with Crippen LogP contribution >= 0.6 is 0 Å². The monoisotopic (exact) mass is 786 g/mol. The minimum atomic E-state index is -6.63. The first-order chi connectivity index (χ1) is 24.1. The molecule has 0 aromatic heterocycles. The lowest BCUT2D eigenvalue weighted by atomic mass is 10.1. The molecule has 6 aromatic carbocycles. The molecule has 0 N–H and O–H groups in total. The summed E-state index contributed by atoms with van der Waals surface area (Å²) in [5.41, 5.74) is 0. The Hall–Kier alpha value is -4.84. The molecule has 0 fully saturated rings. The first kappa shape index (κ1) is 36.9. The van der Waals surface area contributed by atoms with E-state index in [1.54, 1.807) is 0 Å².